The largest absolute Gasteiger partial charge is 0.392 e. The monoisotopic (exact) mass is 190 g/mol. The van der Waals surface area contributed by atoms with Gasteiger partial charge in [0.1, 0.15) is 0 Å². The average molecular weight is 190 g/mol. The lowest BCUT2D eigenvalue weighted by Gasteiger charge is -2.06. The predicted octanol–water partition coefficient (Wildman–Crippen LogP) is 3.25. The molecule has 1 aromatic carbocycles. The maximum absolute atomic E-state index is 8.92. The summed E-state index contributed by atoms with van der Waals surface area (Å²) in [5.41, 5.74) is 2.49. The van der Waals surface area contributed by atoms with Gasteiger partial charge in [0, 0.05) is 0 Å². The fourth-order valence-electron chi connectivity index (χ4n) is 1.49. The second-order valence-corrected chi connectivity index (χ2v) is 3.38. The van der Waals surface area contributed by atoms with Gasteiger partial charge < -0.3 is 5.11 Å². The van der Waals surface area contributed by atoms with Gasteiger partial charge in [-0.05, 0) is 24.0 Å². The van der Waals surface area contributed by atoms with Crippen LogP contribution < -0.4 is 0 Å². The number of hydrogen-bond donors (Lipinski definition) is 1. The van der Waals surface area contributed by atoms with Gasteiger partial charge in [0.2, 0.25) is 0 Å². The SMILES string of the molecule is CCCC/C(=C\CO)c1ccccc1. The summed E-state index contributed by atoms with van der Waals surface area (Å²) in [6.45, 7) is 2.31. The Morgan fingerprint density at radius 2 is 2.00 bits per heavy atom. The molecular formula is C13H18O. The van der Waals surface area contributed by atoms with Crippen molar-refractivity contribution in [3.8, 4) is 0 Å². The van der Waals surface area contributed by atoms with Crippen molar-refractivity contribution in [2.45, 2.75) is 26.2 Å². The summed E-state index contributed by atoms with van der Waals surface area (Å²) in [5.74, 6) is 0. The number of benzene rings is 1. The molecule has 0 bridgehead atoms. The molecule has 0 aromatic heterocycles. The second kappa shape index (κ2) is 6.39. The second-order valence-electron chi connectivity index (χ2n) is 3.38. The molecule has 1 nitrogen and oxygen atoms in total. The topological polar surface area (TPSA) is 20.2 Å². The van der Waals surface area contributed by atoms with Gasteiger partial charge in [-0.2, -0.15) is 0 Å². The third-order valence-corrected chi connectivity index (χ3v) is 2.28. The van der Waals surface area contributed by atoms with Gasteiger partial charge in [0.05, 0.1) is 6.61 Å². The summed E-state index contributed by atoms with van der Waals surface area (Å²) in [6.07, 6.45) is 5.34. The molecule has 0 unspecified atom stereocenters. The number of aliphatic hydroxyl groups is 1. The van der Waals surface area contributed by atoms with Crippen LogP contribution in [-0.2, 0) is 0 Å². The zero-order valence-electron chi connectivity index (χ0n) is 8.74. The van der Waals surface area contributed by atoms with Crippen LogP contribution in [0.25, 0.3) is 5.57 Å². The minimum atomic E-state index is 0.133. The minimum Gasteiger partial charge on any atom is -0.392 e. The highest BCUT2D eigenvalue weighted by molar-refractivity contribution is 5.65. The van der Waals surface area contributed by atoms with Gasteiger partial charge in [0.25, 0.3) is 0 Å². The summed E-state index contributed by atoms with van der Waals surface area (Å²) in [4.78, 5) is 0. The van der Waals surface area contributed by atoms with Gasteiger partial charge in [-0.15, -0.1) is 0 Å². The zero-order valence-corrected chi connectivity index (χ0v) is 8.74. The predicted molar refractivity (Wildman–Crippen MR) is 61.0 cm³/mol. The third-order valence-electron chi connectivity index (χ3n) is 2.28. The van der Waals surface area contributed by atoms with Crippen LogP contribution in [0, 0.1) is 0 Å². The fourth-order valence-corrected chi connectivity index (χ4v) is 1.49. The molecule has 0 radical (unpaired) electrons. The first-order chi connectivity index (χ1) is 6.88. The molecule has 0 heterocycles. The van der Waals surface area contributed by atoms with Crippen LogP contribution in [0.5, 0.6) is 0 Å². The van der Waals surface area contributed by atoms with Gasteiger partial charge >= 0.3 is 0 Å². The van der Waals surface area contributed by atoms with Crippen molar-refractivity contribution >= 4 is 5.57 Å². The molecule has 1 aromatic rings. The number of hydrogen-bond acceptors (Lipinski definition) is 1. The maximum Gasteiger partial charge on any atom is 0.0618 e. The van der Waals surface area contributed by atoms with Crippen LogP contribution in [-0.4, -0.2) is 11.7 Å². The molecule has 14 heavy (non-hydrogen) atoms. The Bertz CT molecular complexity index is 275. The Balaban J connectivity index is 2.73. The molecule has 0 amide bonds. The van der Waals surface area contributed by atoms with Crippen molar-refractivity contribution in [1.82, 2.24) is 0 Å². The van der Waals surface area contributed by atoms with E-state index >= 15 is 0 Å². The standard InChI is InChI=1S/C13H18O/c1-2-3-7-13(10-11-14)12-8-5-4-6-9-12/h4-6,8-10,14H,2-3,7,11H2,1H3/b13-10+. The normalized spacial score (nSPS) is 11.7. The van der Waals surface area contributed by atoms with E-state index in [9.17, 15) is 0 Å². The first kappa shape index (κ1) is 11.0. The Morgan fingerprint density at radius 3 is 2.57 bits per heavy atom. The van der Waals surface area contributed by atoms with E-state index in [1.165, 1.54) is 24.0 Å². The van der Waals surface area contributed by atoms with Crippen LogP contribution in [0.3, 0.4) is 0 Å². The first-order valence-corrected chi connectivity index (χ1v) is 5.23. The Kier molecular flexibility index (Phi) is 5.02. The molecular weight excluding hydrogens is 172 g/mol. The lowest BCUT2D eigenvalue weighted by Crippen LogP contribution is -1.87. The van der Waals surface area contributed by atoms with E-state index < -0.39 is 0 Å². The van der Waals surface area contributed by atoms with Crippen LogP contribution in [0.15, 0.2) is 36.4 Å². The van der Waals surface area contributed by atoms with E-state index in [2.05, 4.69) is 19.1 Å². The molecule has 0 aliphatic carbocycles. The van der Waals surface area contributed by atoms with Gasteiger partial charge in [-0.1, -0.05) is 49.8 Å². The van der Waals surface area contributed by atoms with Crippen molar-refractivity contribution in [2.75, 3.05) is 6.61 Å². The van der Waals surface area contributed by atoms with E-state index in [-0.39, 0.29) is 6.61 Å². The minimum absolute atomic E-state index is 0.133. The number of aliphatic hydroxyl groups excluding tert-OH is 1. The summed E-state index contributed by atoms with van der Waals surface area (Å²) in [7, 11) is 0. The van der Waals surface area contributed by atoms with E-state index in [0.717, 1.165) is 6.42 Å². The Morgan fingerprint density at radius 1 is 1.29 bits per heavy atom. The molecule has 1 N–H and O–H groups in total. The quantitative estimate of drug-likeness (QED) is 0.755. The van der Waals surface area contributed by atoms with E-state index in [0.29, 0.717) is 0 Å². The van der Waals surface area contributed by atoms with E-state index in [1.54, 1.807) is 0 Å². The molecule has 0 aliphatic rings. The average Bonchev–Trinajstić information content (AvgIpc) is 2.25. The smallest absolute Gasteiger partial charge is 0.0618 e. The van der Waals surface area contributed by atoms with Crippen molar-refractivity contribution < 1.29 is 5.11 Å². The molecule has 76 valence electrons. The Hall–Kier alpha value is -1.08. The summed E-state index contributed by atoms with van der Waals surface area (Å²) in [5, 5.41) is 8.92. The molecule has 0 saturated carbocycles. The lowest BCUT2D eigenvalue weighted by molar-refractivity contribution is 0.343. The van der Waals surface area contributed by atoms with Crippen LogP contribution >= 0.6 is 0 Å². The van der Waals surface area contributed by atoms with Crippen LogP contribution in [0.1, 0.15) is 31.7 Å². The zero-order chi connectivity index (χ0) is 10.2. The maximum atomic E-state index is 8.92. The van der Waals surface area contributed by atoms with Crippen molar-refractivity contribution in [3.63, 3.8) is 0 Å². The van der Waals surface area contributed by atoms with Crippen LogP contribution in [0.2, 0.25) is 0 Å². The Labute approximate surface area is 86.1 Å². The van der Waals surface area contributed by atoms with Gasteiger partial charge in [-0.3, -0.25) is 0 Å². The molecule has 0 atom stereocenters. The summed E-state index contributed by atoms with van der Waals surface area (Å²) in [6, 6.07) is 10.3. The molecule has 0 aliphatic heterocycles. The van der Waals surface area contributed by atoms with Crippen LogP contribution in [0.4, 0.5) is 0 Å². The summed E-state index contributed by atoms with van der Waals surface area (Å²) >= 11 is 0. The molecule has 0 spiro atoms. The lowest BCUT2D eigenvalue weighted by atomic mass is 10.0. The number of unbranched alkanes of at least 4 members (excludes halogenated alkanes) is 1. The van der Waals surface area contributed by atoms with Crippen molar-refractivity contribution in [2.24, 2.45) is 0 Å². The van der Waals surface area contributed by atoms with Crippen molar-refractivity contribution in [3.05, 3.63) is 42.0 Å². The van der Waals surface area contributed by atoms with E-state index in [1.807, 2.05) is 24.3 Å². The third kappa shape index (κ3) is 3.35. The molecule has 0 fully saturated rings. The van der Waals surface area contributed by atoms with Gasteiger partial charge in [-0.25, -0.2) is 0 Å². The molecule has 1 rings (SSSR count). The highest BCUT2D eigenvalue weighted by Crippen LogP contribution is 2.19. The highest BCUT2D eigenvalue weighted by Gasteiger charge is 1.99. The molecule has 0 saturated heterocycles. The number of rotatable bonds is 5. The summed E-state index contributed by atoms with van der Waals surface area (Å²) < 4.78 is 0. The highest BCUT2D eigenvalue weighted by atomic mass is 16.2. The van der Waals surface area contributed by atoms with Gasteiger partial charge in [0.15, 0.2) is 0 Å². The first-order valence-electron chi connectivity index (χ1n) is 5.23. The fraction of sp³-hybridized carbons (Fsp3) is 0.385. The van der Waals surface area contributed by atoms with Crippen molar-refractivity contribution in [1.29, 1.82) is 0 Å². The number of allylic oxidation sites excluding steroid dienone is 1. The molecule has 1 heteroatoms. The van der Waals surface area contributed by atoms with E-state index in [4.69, 9.17) is 5.11 Å².